The van der Waals surface area contributed by atoms with Crippen molar-refractivity contribution in [3.63, 3.8) is 0 Å². The largest absolute Gasteiger partial charge is 0.496 e. The van der Waals surface area contributed by atoms with Gasteiger partial charge in [0, 0.05) is 5.56 Å². The molecule has 0 aliphatic carbocycles. The van der Waals surface area contributed by atoms with Gasteiger partial charge in [-0.25, -0.2) is 0 Å². The van der Waals surface area contributed by atoms with Crippen LogP contribution in [0, 0.1) is 0 Å². The highest BCUT2D eigenvalue weighted by Crippen LogP contribution is 2.24. The lowest BCUT2D eigenvalue weighted by Gasteiger charge is -2.10. The van der Waals surface area contributed by atoms with E-state index in [1.165, 1.54) is 0 Å². The van der Waals surface area contributed by atoms with Gasteiger partial charge in [0.05, 0.1) is 17.8 Å². The number of hydrogen-bond acceptors (Lipinski definition) is 2. The van der Waals surface area contributed by atoms with Gasteiger partial charge >= 0.3 is 0 Å². The first-order valence-corrected chi connectivity index (χ1v) is 6.87. The fourth-order valence-corrected chi connectivity index (χ4v) is 2.17. The quantitative estimate of drug-likeness (QED) is 0.835. The van der Waals surface area contributed by atoms with E-state index in [0.29, 0.717) is 22.7 Å². The number of allylic oxidation sites excluding steroid dienone is 1. The van der Waals surface area contributed by atoms with E-state index in [1.54, 1.807) is 43.5 Å². The van der Waals surface area contributed by atoms with Gasteiger partial charge in [0.2, 0.25) is 0 Å². The molecule has 2 aromatic rings. The number of nitrogens with one attached hydrogen (secondary N) is 1. The molecule has 0 bridgehead atoms. The minimum absolute atomic E-state index is 0.212. The molecule has 2 rings (SSSR count). The third-order valence-electron chi connectivity index (χ3n) is 3.03. The molecule has 0 aliphatic rings. The summed E-state index contributed by atoms with van der Waals surface area (Å²) in [5.41, 5.74) is 2.05. The summed E-state index contributed by atoms with van der Waals surface area (Å²) in [6.07, 6.45) is 2.41. The Bertz CT molecular complexity index is 668. The highest BCUT2D eigenvalue weighted by molar-refractivity contribution is 6.33. The number of halogens is 1. The third kappa shape index (κ3) is 3.64. The molecule has 0 fully saturated rings. The SMILES string of the molecule is C=CCc1cc(C(=O)Nc2ccccc2Cl)ccc1OC. The van der Waals surface area contributed by atoms with Crippen LogP contribution in [0.25, 0.3) is 0 Å². The van der Waals surface area contributed by atoms with Crippen molar-refractivity contribution in [3.05, 3.63) is 71.3 Å². The second kappa shape index (κ2) is 6.95. The van der Waals surface area contributed by atoms with Crippen molar-refractivity contribution >= 4 is 23.2 Å². The van der Waals surface area contributed by atoms with Gasteiger partial charge in [-0.3, -0.25) is 4.79 Å². The number of benzene rings is 2. The number of methoxy groups -OCH3 is 1. The molecular formula is C17H16ClNO2. The first kappa shape index (κ1) is 15.1. The Morgan fingerprint density at radius 3 is 2.76 bits per heavy atom. The maximum absolute atomic E-state index is 12.3. The number of ether oxygens (including phenoxy) is 1. The van der Waals surface area contributed by atoms with Crippen LogP contribution in [-0.4, -0.2) is 13.0 Å². The normalized spacial score (nSPS) is 10.0. The highest BCUT2D eigenvalue weighted by Gasteiger charge is 2.11. The average Bonchev–Trinajstić information content (AvgIpc) is 2.50. The van der Waals surface area contributed by atoms with Crippen LogP contribution in [0.5, 0.6) is 5.75 Å². The smallest absolute Gasteiger partial charge is 0.255 e. The van der Waals surface area contributed by atoms with Crippen LogP contribution in [0.3, 0.4) is 0 Å². The standard InChI is InChI=1S/C17H16ClNO2/c1-3-6-12-11-13(9-10-16(12)21-2)17(20)19-15-8-5-4-7-14(15)18/h3-5,7-11H,1,6H2,2H3,(H,19,20). The molecule has 0 unspecified atom stereocenters. The summed E-state index contributed by atoms with van der Waals surface area (Å²) in [7, 11) is 1.60. The van der Waals surface area contributed by atoms with Gasteiger partial charge in [-0.1, -0.05) is 29.8 Å². The number of para-hydroxylation sites is 1. The number of amides is 1. The number of hydrogen-bond donors (Lipinski definition) is 1. The molecule has 2 aromatic carbocycles. The Kier molecular flexibility index (Phi) is 5.01. The zero-order valence-electron chi connectivity index (χ0n) is 11.7. The highest BCUT2D eigenvalue weighted by atomic mass is 35.5. The third-order valence-corrected chi connectivity index (χ3v) is 3.36. The van der Waals surface area contributed by atoms with E-state index in [4.69, 9.17) is 16.3 Å². The summed E-state index contributed by atoms with van der Waals surface area (Å²) in [5, 5.41) is 3.30. The van der Waals surface area contributed by atoms with Crippen molar-refractivity contribution in [2.45, 2.75) is 6.42 Å². The van der Waals surface area contributed by atoms with Gasteiger partial charge < -0.3 is 10.1 Å². The molecule has 1 amide bonds. The van der Waals surface area contributed by atoms with Crippen LogP contribution >= 0.6 is 11.6 Å². The first-order chi connectivity index (χ1) is 10.2. The molecule has 1 N–H and O–H groups in total. The summed E-state index contributed by atoms with van der Waals surface area (Å²) in [6.45, 7) is 3.71. The molecule has 0 spiro atoms. The monoisotopic (exact) mass is 301 g/mol. The second-order valence-corrected chi connectivity index (χ2v) is 4.86. The Labute approximate surface area is 129 Å². The molecule has 4 heteroatoms. The van der Waals surface area contributed by atoms with Crippen molar-refractivity contribution < 1.29 is 9.53 Å². The van der Waals surface area contributed by atoms with E-state index < -0.39 is 0 Å². The average molecular weight is 302 g/mol. The zero-order valence-corrected chi connectivity index (χ0v) is 12.5. The van der Waals surface area contributed by atoms with Crippen LogP contribution in [-0.2, 0) is 6.42 Å². The molecule has 0 heterocycles. The maximum atomic E-state index is 12.3. The van der Waals surface area contributed by atoms with Gasteiger partial charge in [-0.2, -0.15) is 0 Å². The van der Waals surface area contributed by atoms with Gasteiger partial charge in [0.15, 0.2) is 0 Å². The minimum Gasteiger partial charge on any atom is -0.496 e. The van der Waals surface area contributed by atoms with Gasteiger partial charge in [-0.05, 0) is 42.3 Å². The van der Waals surface area contributed by atoms with E-state index in [1.807, 2.05) is 12.1 Å². The molecular weight excluding hydrogens is 286 g/mol. The van der Waals surface area contributed by atoms with Crippen LogP contribution in [0.2, 0.25) is 5.02 Å². The lowest BCUT2D eigenvalue weighted by atomic mass is 10.1. The molecule has 0 atom stereocenters. The van der Waals surface area contributed by atoms with Crippen molar-refractivity contribution in [2.24, 2.45) is 0 Å². The second-order valence-electron chi connectivity index (χ2n) is 4.45. The van der Waals surface area contributed by atoms with Crippen LogP contribution in [0.15, 0.2) is 55.1 Å². The van der Waals surface area contributed by atoms with Crippen LogP contribution < -0.4 is 10.1 Å². The van der Waals surface area contributed by atoms with Crippen molar-refractivity contribution in [3.8, 4) is 5.75 Å². The van der Waals surface area contributed by atoms with Gasteiger partial charge in [-0.15, -0.1) is 6.58 Å². The number of carbonyl (C=O) groups is 1. The number of rotatable bonds is 5. The lowest BCUT2D eigenvalue weighted by Crippen LogP contribution is -2.12. The Balaban J connectivity index is 2.25. The fourth-order valence-electron chi connectivity index (χ4n) is 1.99. The molecule has 0 aliphatic heterocycles. The predicted octanol–water partition coefficient (Wildman–Crippen LogP) is 4.33. The molecule has 108 valence electrons. The Hall–Kier alpha value is -2.26. The van der Waals surface area contributed by atoms with E-state index in [-0.39, 0.29) is 5.91 Å². The first-order valence-electron chi connectivity index (χ1n) is 6.49. The molecule has 0 radical (unpaired) electrons. The lowest BCUT2D eigenvalue weighted by molar-refractivity contribution is 0.102. The van der Waals surface area contributed by atoms with Crippen LogP contribution in [0.4, 0.5) is 5.69 Å². The van der Waals surface area contributed by atoms with Crippen molar-refractivity contribution in [1.29, 1.82) is 0 Å². The summed E-state index contributed by atoms with van der Waals surface area (Å²) in [5.74, 6) is 0.528. The molecule has 3 nitrogen and oxygen atoms in total. The Morgan fingerprint density at radius 2 is 2.10 bits per heavy atom. The predicted molar refractivity (Wildman–Crippen MR) is 86.3 cm³/mol. The summed E-state index contributed by atoms with van der Waals surface area (Å²) >= 11 is 6.04. The van der Waals surface area contributed by atoms with Crippen molar-refractivity contribution in [2.75, 3.05) is 12.4 Å². The van der Waals surface area contributed by atoms with E-state index >= 15 is 0 Å². The summed E-state index contributed by atoms with van der Waals surface area (Å²) in [6, 6.07) is 12.4. The maximum Gasteiger partial charge on any atom is 0.255 e. The molecule has 0 aromatic heterocycles. The van der Waals surface area contributed by atoms with E-state index in [0.717, 1.165) is 11.3 Å². The fraction of sp³-hybridized carbons (Fsp3) is 0.118. The summed E-state index contributed by atoms with van der Waals surface area (Å²) < 4.78 is 5.27. The van der Waals surface area contributed by atoms with E-state index in [9.17, 15) is 4.79 Å². The molecule has 0 saturated heterocycles. The number of carbonyl (C=O) groups excluding carboxylic acids is 1. The minimum atomic E-state index is -0.212. The summed E-state index contributed by atoms with van der Waals surface area (Å²) in [4.78, 5) is 12.3. The van der Waals surface area contributed by atoms with E-state index in [2.05, 4.69) is 11.9 Å². The Morgan fingerprint density at radius 1 is 1.33 bits per heavy atom. The molecule has 0 saturated carbocycles. The van der Waals surface area contributed by atoms with Gasteiger partial charge in [0.1, 0.15) is 5.75 Å². The zero-order chi connectivity index (χ0) is 15.2. The van der Waals surface area contributed by atoms with Crippen LogP contribution in [0.1, 0.15) is 15.9 Å². The topological polar surface area (TPSA) is 38.3 Å². The molecule has 21 heavy (non-hydrogen) atoms. The van der Waals surface area contributed by atoms with Gasteiger partial charge in [0.25, 0.3) is 5.91 Å². The number of anilines is 1. The van der Waals surface area contributed by atoms with Crippen molar-refractivity contribution in [1.82, 2.24) is 0 Å².